The number of aromatic nitrogens is 4. The molecule has 0 bridgehead atoms. The van der Waals surface area contributed by atoms with E-state index < -0.39 is 0 Å². The van der Waals surface area contributed by atoms with E-state index in [1.54, 1.807) is 6.33 Å². The minimum Gasteiger partial charge on any atom is -0.392 e. The van der Waals surface area contributed by atoms with Crippen molar-refractivity contribution in [1.82, 2.24) is 24.8 Å². The molecule has 0 radical (unpaired) electrons. The number of aliphatic hydroxyl groups excluding tert-OH is 1. The second kappa shape index (κ2) is 6.58. The topological polar surface area (TPSA) is 79.1 Å². The maximum atomic E-state index is 9.99. The maximum absolute atomic E-state index is 9.99. The van der Waals surface area contributed by atoms with Crippen LogP contribution in [-0.2, 0) is 6.54 Å². The number of anilines is 1. The number of aryl methyl sites for hydroxylation is 1. The molecule has 1 aliphatic heterocycles. The number of imidazole rings is 1. The number of piperidine rings is 1. The molecule has 2 aromatic rings. The summed E-state index contributed by atoms with van der Waals surface area (Å²) in [5.74, 6) is 0.841. The molecule has 120 valence electrons. The number of hydrogen-bond donors (Lipinski definition) is 2. The number of fused-ring (bicyclic) bond motifs is 1. The van der Waals surface area contributed by atoms with Crippen LogP contribution in [-0.4, -0.2) is 57.4 Å². The quantitative estimate of drug-likeness (QED) is 0.850. The Balaban J connectivity index is 1.66. The Morgan fingerprint density at radius 2 is 2.23 bits per heavy atom. The highest BCUT2D eigenvalue weighted by Crippen LogP contribution is 2.20. The Hall–Kier alpha value is -1.73. The number of rotatable bonds is 5. The van der Waals surface area contributed by atoms with Gasteiger partial charge in [-0.05, 0) is 32.2 Å². The van der Waals surface area contributed by atoms with Gasteiger partial charge >= 0.3 is 0 Å². The summed E-state index contributed by atoms with van der Waals surface area (Å²) in [6, 6.07) is 0.218. The number of aliphatic hydroxyl groups is 1. The molecule has 1 fully saturated rings. The third-order valence-electron chi connectivity index (χ3n) is 4.27. The molecule has 3 rings (SSSR count). The molecule has 2 atom stereocenters. The Morgan fingerprint density at radius 3 is 3.00 bits per heavy atom. The second-order valence-corrected chi connectivity index (χ2v) is 6.11. The summed E-state index contributed by atoms with van der Waals surface area (Å²) >= 11 is 0. The smallest absolute Gasteiger partial charge is 0.165 e. The van der Waals surface area contributed by atoms with Crippen LogP contribution in [0.2, 0.25) is 0 Å². The Bertz CT molecular complexity index is 626. The van der Waals surface area contributed by atoms with E-state index in [0.29, 0.717) is 0 Å². The Labute approximate surface area is 130 Å². The van der Waals surface area contributed by atoms with Crippen molar-refractivity contribution in [3.05, 3.63) is 12.7 Å². The van der Waals surface area contributed by atoms with E-state index in [-0.39, 0.29) is 12.1 Å². The molecule has 0 unspecified atom stereocenters. The molecule has 1 aliphatic rings. The third kappa shape index (κ3) is 3.05. The number of hydrogen-bond acceptors (Lipinski definition) is 6. The summed E-state index contributed by atoms with van der Waals surface area (Å²) in [6.45, 7) is 1.86. The van der Waals surface area contributed by atoms with Crippen molar-refractivity contribution in [2.24, 2.45) is 0 Å². The molecule has 3 heterocycles. The number of nitrogens with one attached hydrogen (secondary N) is 1. The summed E-state index contributed by atoms with van der Waals surface area (Å²) in [4.78, 5) is 15.0. The van der Waals surface area contributed by atoms with Crippen LogP contribution in [0.25, 0.3) is 11.2 Å². The summed E-state index contributed by atoms with van der Waals surface area (Å²) < 4.78 is 2.07. The molecule has 0 aliphatic carbocycles. The molecule has 2 aromatic heterocycles. The van der Waals surface area contributed by atoms with Crippen LogP contribution in [0, 0.1) is 0 Å². The van der Waals surface area contributed by atoms with Crippen molar-refractivity contribution in [3.8, 4) is 0 Å². The molecular weight excluding hydrogens is 280 g/mol. The first-order valence-corrected chi connectivity index (χ1v) is 7.91. The van der Waals surface area contributed by atoms with E-state index >= 15 is 0 Å². The summed E-state index contributed by atoms with van der Waals surface area (Å²) in [7, 11) is 3.91. The summed E-state index contributed by atoms with van der Waals surface area (Å²) in [5.41, 5.74) is 1.71. The molecule has 7 heteroatoms. The van der Waals surface area contributed by atoms with Gasteiger partial charge in [0, 0.05) is 26.7 Å². The van der Waals surface area contributed by atoms with Crippen molar-refractivity contribution in [2.45, 2.75) is 44.4 Å². The van der Waals surface area contributed by atoms with Crippen LogP contribution in [0.5, 0.6) is 0 Å². The van der Waals surface area contributed by atoms with Crippen LogP contribution in [0.1, 0.15) is 25.7 Å². The zero-order valence-electron chi connectivity index (χ0n) is 13.2. The zero-order chi connectivity index (χ0) is 15.5. The van der Waals surface area contributed by atoms with Gasteiger partial charge in [-0.2, -0.15) is 0 Å². The first-order valence-electron chi connectivity index (χ1n) is 7.91. The predicted octanol–water partition coefficient (Wildman–Crippen LogP) is 0.785. The van der Waals surface area contributed by atoms with Gasteiger partial charge in [0.1, 0.15) is 6.33 Å². The van der Waals surface area contributed by atoms with E-state index in [9.17, 15) is 5.11 Å². The minimum absolute atomic E-state index is 0.212. The van der Waals surface area contributed by atoms with Gasteiger partial charge in [-0.15, -0.1) is 0 Å². The predicted molar refractivity (Wildman–Crippen MR) is 85.9 cm³/mol. The van der Waals surface area contributed by atoms with Crippen molar-refractivity contribution in [3.63, 3.8) is 0 Å². The van der Waals surface area contributed by atoms with Gasteiger partial charge in [-0.3, -0.25) is 0 Å². The van der Waals surface area contributed by atoms with Crippen molar-refractivity contribution in [2.75, 3.05) is 25.5 Å². The minimum atomic E-state index is -0.212. The molecule has 1 saturated heterocycles. The molecule has 0 saturated carbocycles. The molecule has 0 aromatic carbocycles. The van der Waals surface area contributed by atoms with Gasteiger partial charge in [0.15, 0.2) is 17.0 Å². The second-order valence-electron chi connectivity index (χ2n) is 6.11. The van der Waals surface area contributed by atoms with Gasteiger partial charge in [-0.1, -0.05) is 0 Å². The van der Waals surface area contributed by atoms with Crippen molar-refractivity contribution < 1.29 is 5.11 Å². The molecular formula is C15H24N6O. The average Bonchev–Trinajstić information content (AvgIpc) is 2.92. The molecule has 0 amide bonds. The highest BCUT2D eigenvalue weighted by atomic mass is 16.3. The van der Waals surface area contributed by atoms with Crippen LogP contribution in [0.15, 0.2) is 12.7 Å². The third-order valence-corrected chi connectivity index (χ3v) is 4.27. The van der Waals surface area contributed by atoms with Crippen LogP contribution >= 0.6 is 0 Å². The Morgan fingerprint density at radius 1 is 1.36 bits per heavy atom. The highest BCUT2D eigenvalue weighted by Gasteiger charge is 2.21. The molecule has 22 heavy (non-hydrogen) atoms. The lowest BCUT2D eigenvalue weighted by Gasteiger charge is -2.28. The van der Waals surface area contributed by atoms with Gasteiger partial charge < -0.3 is 19.9 Å². The SMILES string of the molecule is CN(C)c1ncnc2c1ncn2CCC[C@H]1NCCC[C@@H]1O. The highest BCUT2D eigenvalue weighted by molar-refractivity contribution is 5.82. The lowest BCUT2D eigenvalue weighted by atomic mass is 9.97. The first kappa shape index (κ1) is 15.2. The fourth-order valence-electron chi connectivity index (χ4n) is 3.07. The molecule has 0 spiro atoms. The maximum Gasteiger partial charge on any atom is 0.165 e. The van der Waals surface area contributed by atoms with E-state index in [1.165, 1.54) is 0 Å². The fraction of sp³-hybridized carbons (Fsp3) is 0.667. The average molecular weight is 304 g/mol. The lowest BCUT2D eigenvalue weighted by Crippen LogP contribution is -2.44. The van der Waals surface area contributed by atoms with Gasteiger partial charge in [-0.25, -0.2) is 15.0 Å². The molecule has 2 N–H and O–H groups in total. The van der Waals surface area contributed by atoms with E-state index in [2.05, 4.69) is 24.8 Å². The lowest BCUT2D eigenvalue weighted by molar-refractivity contribution is 0.0909. The van der Waals surface area contributed by atoms with Crippen LogP contribution < -0.4 is 10.2 Å². The van der Waals surface area contributed by atoms with E-state index in [1.807, 2.05) is 25.3 Å². The standard InChI is InChI=1S/C15H24N6O/c1-20(2)14-13-15(18-9-17-14)21(10-19-13)8-4-5-11-12(22)6-3-7-16-11/h9-12,16,22H,3-8H2,1-2H3/t11-,12+/m1/s1. The largest absolute Gasteiger partial charge is 0.392 e. The van der Waals surface area contributed by atoms with Gasteiger partial charge in [0.2, 0.25) is 0 Å². The zero-order valence-corrected chi connectivity index (χ0v) is 13.2. The van der Waals surface area contributed by atoms with Gasteiger partial charge in [0.25, 0.3) is 0 Å². The van der Waals surface area contributed by atoms with Gasteiger partial charge in [0.05, 0.1) is 12.4 Å². The summed E-state index contributed by atoms with van der Waals surface area (Å²) in [6.07, 6.45) is 7.13. The summed E-state index contributed by atoms with van der Waals surface area (Å²) in [5, 5.41) is 13.4. The van der Waals surface area contributed by atoms with E-state index in [4.69, 9.17) is 0 Å². The molecule has 7 nitrogen and oxygen atoms in total. The van der Waals surface area contributed by atoms with Crippen LogP contribution in [0.3, 0.4) is 0 Å². The first-order chi connectivity index (χ1) is 10.7. The fourth-order valence-corrected chi connectivity index (χ4v) is 3.07. The van der Waals surface area contributed by atoms with Crippen molar-refractivity contribution >= 4 is 17.0 Å². The van der Waals surface area contributed by atoms with Crippen molar-refractivity contribution in [1.29, 1.82) is 0 Å². The van der Waals surface area contributed by atoms with E-state index in [0.717, 1.165) is 55.8 Å². The normalized spacial score (nSPS) is 22.1. The van der Waals surface area contributed by atoms with Crippen LogP contribution in [0.4, 0.5) is 5.82 Å². The monoisotopic (exact) mass is 304 g/mol. The Kier molecular flexibility index (Phi) is 4.54. The number of nitrogens with zero attached hydrogens (tertiary/aromatic N) is 5.